The molecule has 0 saturated carbocycles. The van der Waals surface area contributed by atoms with Gasteiger partial charge >= 0.3 is 0 Å². The molecule has 1 atom stereocenters. The highest BCUT2D eigenvalue weighted by atomic mass is 16.5. The summed E-state index contributed by atoms with van der Waals surface area (Å²) in [6.07, 6.45) is 3.99. The van der Waals surface area contributed by atoms with Crippen molar-refractivity contribution in [2.45, 2.75) is 38.8 Å². The maximum absolute atomic E-state index is 5.71. The van der Waals surface area contributed by atoms with Crippen LogP contribution in [-0.4, -0.2) is 27.9 Å². The number of aromatic nitrogens is 3. The van der Waals surface area contributed by atoms with Crippen LogP contribution in [0.25, 0.3) is 0 Å². The zero-order chi connectivity index (χ0) is 14.5. The fourth-order valence-electron chi connectivity index (χ4n) is 2.71. The van der Waals surface area contributed by atoms with Crippen LogP contribution in [0.5, 0.6) is 5.75 Å². The molecular formula is C16H22N4O. The quantitative estimate of drug-likeness (QED) is 0.828. The van der Waals surface area contributed by atoms with Crippen molar-refractivity contribution < 1.29 is 4.74 Å². The van der Waals surface area contributed by atoms with Gasteiger partial charge in [0.2, 0.25) is 0 Å². The van der Waals surface area contributed by atoms with E-state index in [0.717, 1.165) is 50.7 Å². The van der Waals surface area contributed by atoms with Gasteiger partial charge in [0.05, 0.1) is 13.2 Å². The summed E-state index contributed by atoms with van der Waals surface area (Å²) in [4.78, 5) is 4.37. The molecule has 0 saturated heterocycles. The molecule has 0 radical (unpaired) electrons. The Hall–Kier alpha value is -1.88. The van der Waals surface area contributed by atoms with E-state index in [2.05, 4.69) is 34.5 Å². The lowest BCUT2D eigenvalue weighted by molar-refractivity contribution is 0.256. The Kier molecular flexibility index (Phi) is 4.50. The maximum atomic E-state index is 5.71. The van der Waals surface area contributed by atoms with Gasteiger partial charge in [-0.15, -0.1) is 0 Å². The summed E-state index contributed by atoms with van der Waals surface area (Å²) < 4.78 is 7.66. The molecule has 3 rings (SSSR count). The predicted octanol–water partition coefficient (Wildman–Crippen LogP) is 2.34. The summed E-state index contributed by atoms with van der Waals surface area (Å²) in [5.41, 5.74) is 1.28. The van der Waals surface area contributed by atoms with E-state index in [0.29, 0.717) is 5.92 Å². The number of ether oxygens (including phenoxy) is 1. The Bertz CT molecular complexity index is 581. The maximum Gasteiger partial charge on any atom is 0.164 e. The average Bonchev–Trinajstić information content (AvgIpc) is 2.96. The molecule has 5 heteroatoms. The van der Waals surface area contributed by atoms with E-state index < -0.39 is 0 Å². The minimum atomic E-state index is 0.452. The molecule has 0 amide bonds. The number of benzene rings is 1. The van der Waals surface area contributed by atoms with Gasteiger partial charge in [-0.1, -0.05) is 25.1 Å². The molecule has 0 fully saturated rings. The Morgan fingerprint density at radius 3 is 3.19 bits per heavy atom. The standard InChI is InChI=1S/C16H22N4O/c1-2-8-17-10-16-18-12-20(19-16)11-13-7-9-21-15-6-4-3-5-14(13)15/h3-6,12-13,17H,2,7-11H2,1H3. The van der Waals surface area contributed by atoms with Crippen LogP contribution in [0.15, 0.2) is 30.6 Å². The highest BCUT2D eigenvalue weighted by Crippen LogP contribution is 2.34. The van der Waals surface area contributed by atoms with Crippen LogP contribution in [0.4, 0.5) is 0 Å². The van der Waals surface area contributed by atoms with E-state index >= 15 is 0 Å². The molecule has 0 bridgehead atoms. The predicted molar refractivity (Wildman–Crippen MR) is 81.3 cm³/mol. The first-order valence-electron chi connectivity index (χ1n) is 7.67. The SMILES string of the molecule is CCCNCc1ncn(CC2CCOc3ccccc32)n1. The van der Waals surface area contributed by atoms with Crippen LogP contribution in [-0.2, 0) is 13.1 Å². The van der Waals surface area contributed by atoms with Gasteiger partial charge in [0.25, 0.3) is 0 Å². The van der Waals surface area contributed by atoms with E-state index in [1.807, 2.05) is 23.1 Å². The number of nitrogens with zero attached hydrogens (tertiary/aromatic N) is 3. The highest BCUT2D eigenvalue weighted by molar-refractivity contribution is 5.37. The van der Waals surface area contributed by atoms with Gasteiger partial charge in [-0.2, -0.15) is 5.10 Å². The van der Waals surface area contributed by atoms with Gasteiger partial charge in [-0.3, -0.25) is 4.68 Å². The first-order chi connectivity index (χ1) is 10.4. The molecule has 2 heterocycles. The van der Waals surface area contributed by atoms with Gasteiger partial charge in [-0.05, 0) is 31.0 Å². The minimum absolute atomic E-state index is 0.452. The number of hydrogen-bond donors (Lipinski definition) is 1. The molecule has 1 aliphatic rings. The monoisotopic (exact) mass is 286 g/mol. The second kappa shape index (κ2) is 6.72. The Balaban J connectivity index is 1.65. The molecule has 1 unspecified atom stereocenters. The molecule has 0 spiro atoms. The number of rotatable bonds is 6. The zero-order valence-corrected chi connectivity index (χ0v) is 12.5. The Morgan fingerprint density at radius 1 is 1.38 bits per heavy atom. The lowest BCUT2D eigenvalue weighted by Gasteiger charge is -2.25. The van der Waals surface area contributed by atoms with Crippen LogP contribution in [0.2, 0.25) is 0 Å². The normalized spacial score (nSPS) is 17.3. The third kappa shape index (κ3) is 3.42. The van der Waals surface area contributed by atoms with Crippen molar-refractivity contribution in [1.29, 1.82) is 0 Å². The van der Waals surface area contributed by atoms with Crippen molar-refractivity contribution in [1.82, 2.24) is 20.1 Å². The Labute approximate surface area is 125 Å². The molecule has 1 aromatic carbocycles. The Morgan fingerprint density at radius 2 is 2.29 bits per heavy atom. The van der Waals surface area contributed by atoms with Gasteiger partial charge < -0.3 is 10.1 Å². The van der Waals surface area contributed by atoms with E-state index in [1.165, 1.54) is 5.56 Å². The lowest BCUT2D eigenvalue weighted by Crippen LogP contribution is -2.19. The van der Waals surface area contributed by atoms with Crippen molar-refractivity contribution in [3.8, 4) is 5.75 Å². The van der Waals surface area contributed by atoms with Crippen molar-refractivity contribution in [2.75, 3.05) is 13.2 Å². The average molecular weight is 286 g/mol. The third-order valence-electron chi connectivity index (χ3n) is 3.78. The lowest BCUT2D eigenvalue weighted by atomic mass is 9.93. The zero-order valence-electron chi connectivity index (χ0n) is 12.5. The van der Waals surface area contributed by atoms with Gasteiger partial charge in [-0.25, -0.2) is 4.98 Å². The highest BCUT2D eigenvalue weighted by Gasteiger charge is 2.21. The van der Waals surface area contributed by atoms with E-state index in [4.69, 9.17) is 4.74 Å². The molecule has 1 N–H and O–H groups in total. The molecule has 112 valence electrons. The van der Waals surface area contributed by atoms with E-state index in [9.17, 15) is 0 Å². The summed E-state index contributed by atoms with van der Waals surface area (Å²) in [6, 6.07) is 8.29. The fourth-order valence-corrected chi connectivity index (χ4v) is 2.71. The number of fused-ring (bicyclic) bond motifs is 1. The second-order valence-corrected chi connectivity index (χ2v) is 5.43. The van der Waals surface area contributed by atoms with Crippen molar-refractivity contribution >= 4 is 0 Å². The van der Waals surface area contributed by atoms with Crippen molar-refractivity contribution in [3.63, 3.8) is 0 Å². The van der Waals surface area contributed by atoms with Crippen LogP contribution >= 0.6 is 0 Å². The summed E-state index contributed by atoms with van der Waals surface area (Å²) in [6.45, 7) is 5.54. The molecule has 1 aliphatic heterocycles. The first kappa shape index (κ1) is 14.1. The molecule has 21 heavy (non-hydrogen) atoms. The van der Waals surface area contributed by atoms with E-state index in [1.54, 1.807) is 0 Å². The van der Waals surface area contributed by atoms with Crippen LogP contribution in [0.3, 0.4) is 0 Å². The molecule has 1 aromatic heterocycles. The van der Waals surface area contributed by atoms with Gasteiger partial charge in [0, 0.05) is 12.5 Å². The van der Waals surface area contributed by atoms with Crippen molar-refractivity contribution in [3.05, 3.63) is 42.0 Å². The first-order valence-corrected chi connectivity index (χ1v) is 7.67. The molecule has 5 nitrogen and oxygen atoms in total. The smallest absolute Gasteiger partial charge is 0.164 e. The minimum Gasteiger partial charge on any atom is -0.493 e. The summed E-state index contributed by atoms with van der Waals surface area (Å²) >= 11 is 0. The number of nitrogens with one attached hydrogen (secondary N) is 1. The second-order valence-electron chi connectivity index (χ2n) is 5.43. The van der Waals surface area contributed by atoms with Gasteiger partial charge in [0.15, 0.2) is 5.82 Å². The number of hydrogen-bond acceptors (Lipinski definition) is 4. The van der Waals surface area contributed by atoms with Crippen LogP contribution in [0.1, 0.15) is 37.1 Å². The molecule has 2 aromatic rings. The molecular weight excluding hydrogens is 264 g/mol. The van der Waals surface area contributed by atoms with Crippen molar-refractivity contribution in [2.24, 2.45) is 0 Å². The van der Waals surface area contributed by atoms with E-state index in [-0.39, 0.29) is 0 Å². The van der Waals surface area contributed by atoms with Gasteiger partial charge in [0.1, 0.15) is 12.1 Å². The summed E-state index contributed by atoms with van der Waals surface area (Å²) in [5, 5.41) is 7.88. The van der Waals surface area contributed by atoms with Crippen LogP contribution < -0.4 is 10.1 Å². The van der Waals surface area contributed by atoms with Crippen LogP contribution in [0, 0.1) is 0 Å². The summed E-state index contributed by atoms with van der Waals surface area (Å²) in [5.74, 6) is 2.33. The molecule has 0 aliphatic carbocycles. The number of para-hydroxylation sites is 1. The fraction of sp³-hybridized carbons (Fsp3) is 0.500. The topological polar surface area (TPSA) is 52.0 Å². The summed E-state index contributed by atoms with van der Waals surface area (Å²) in [7, 11) is 0. The largest absolute Gasteiger partial charge is 0.493 e. The third-order valence-corrected chi connectivity index (χ3v) is 3.78.